The molecule has 0 atom stereocenters. The third-order valence-electron chi connectivity index (χ3n) is 4.72. The van der Waals surface area contributed by atoms with Gasteiger partial charge >= 0.3 is 6.18 Å². The van der Waals surface area contributed by atoms with Crippen molar-refractivity contribution in [2.24, 2.45) is 5.92 Å². The molecule has 0 spiro atoms. The van der Waals surface area contributed by atoms with Crippen LogP contribution < -0.4 is 10.6 Å². The number of carbonyl (C=O) groups is 2. The highest BCUT2D eigenvalue weighted by Gasteiger charge is 2.40. The molecule has 3 rings (SSSR count). The van der Waals surface area contributed by atoms with E-state index < -0.39 is 29.2 Å². The normalized spacial score (nSPS) is 11.4. The highest BCUT2D eigenvalue weighted by molar-refractivity contribution is 6.31. The maximum Gasteiger partial charge on any atom is 0.434 e. The van der Waals surface area contributed by atoms with Crippen molar-refractivity contribution in [2.45, 2.75) is 26.4 Å². The molecule has 0 saturated carbocycles. The summed E-state index contributed by atoms with van der Waals surface area (Å²) in [7, 11) is 0. The molecule has 0 fully saturated rings. The zero-order valence-electron chi connectivity index (χ0n) is 18.4. The van der Waals surface area contributed by atoms with E-state index in [1.54, 1.807) is 12.1 Å². The van der Waals surface area contributed by atoms with Crippen molar-refractivity contribution >= 4 is 34.8 Å². The molecule has 2 amide bonds. The van der Waals surface area contributed by atoms with Crippen molar-refractivity contribution in [1.29, 1.82) is 0 Å². The Morgan fingerprint density at radius 2 is 1.74 bits per heavy atom. The molecule has 2 N–H and O–H groups in total. The van der Waals surface area contributed by atoms with Crippen molar-refractivity contribution in [3.05, 3.63) is 83.2 Å². The molecule has 6 nitrogen and oxygen atoms in total. The molecule has 0 aliphatic heterocycles. The smallest absolute Gasteiger partial charge is 0.322 e. The lowest BCUT2D eigenvalue weighted by Crippen LogP contribution is -2.21. The summed E-state index contributed by atoms with van der Waals surface area (Å²) in [5.41, 5.74) is -0.371. The average molecular weight is 491 g/mol. The van der Waals surface area contributed by atoms with Gasteiger partial charge in [-0.25, -0.2) is 4.68 Å². The fourth-order valence-electron chi connectivity index (χ4n) is 3.35. The molecule has 0 saturated heterocycles. The van der Waals surface area contributed by atoms with Crippen molar-refractivity contribution in [3.8, 4) is 5.69 Å². The number of hydrogen-bond acceptors (Lipinski definition) is 3. The van der Waals surface area contributed by atoms with E-state index in [-0.39, 0.29) is 22.1 Å². The Labute approximate surface area is 199 Å². The summed E-state index contributed by atoms with van der Waals surface area (Å²) < 4.78 is 42.6. The Kier molecular flexibility index (Phi) is 7.46. The fourth-order valence-corrected chi connectivity index (χ4v) is 3.59. The van der Waals surface area contributed by atoms with Crippen molar-refractivity contribution in [1.82, 2.24) is 9.78 Å². The van der Waals surface area contributed by atoms with Crippen molar-refractivity contribution < 1.29 is 22.8 Å². The van der Waals surface area contributed by atoms with Crippen LogP contribution in [0.5, 0.6) is 0 Å². The SMILES string of the molecule is C=CC(=O)Nc1cc(Cl)cc(NC(=O)c2cnn(-c3ccc(CC(C)C)cc3)c2C(F)(F)F)c1. The number of alkyl halides is 3. The summed E-state index contributed by atoms with van der Waals surface area (Å²) >= 11 is 6.01. The quantitative estimate of drug-likeness (QED) is 0.392. The first-order valence-electron chi connectivity index (χ1n) is 10.3. The van der Waals surface area contributed by atoms with E-state index in [2.05, 4.69) is 22.3 Å². The molecule has 1 heterocycles. The second kappa shape index (κ2) is 10.1. The van der Waals surface area contributed by atoms with Gasteiger partial charge in [0.05, 0.1) is 17.4 Å². The molecular formula is C24H22ClF3N4O2. The van der Waals surface area contributed by atoms with Gasteiger partial charge in [-0.3, -0.25) is 9.59 Å². The Hall–Kier alpha value is -3.59. The van der Waals surface area contributed by atoms with E-state index in [9.17, 15) is 22.8 Å². The highest BCUT2D eigenvalue weighted by Crippen LogP contribution is 2.34. The van der Waals surface area contributed by atoms with Gasteiger partial charge in [0.15, 0.2) is 5.69 Å². The molecule has 1 aromatic heterocycles. The number of amides is 2. The molecule has 0 aliphatic carbocycles. The number of nitrogens with zero attached hydrogens (tertiary/aromatic N) is 2. The van der Waals surface area contributed by atoms with Crippen LogP contribution in [0.25, 0.3) is 5.69 Å². The lowest BCUT2D eigenvalue weighted by molar-refractivity contribution is -0.143. The molecule has 0 aliphatic rings. The van der Waals surface area contributed by atoms with Crippen LogP contribution in [0.4, 0.5) is 24.5 Å². The minimum Gasteiger partial charge on any atom is -0.322 e. The number of carbonyl (C=O) groups excluding carboxylic acids is 2. The molecule has 0 bridgehead atoms. The first kappa shape index (κ1) is 25.0. The summed E-state index contributed by atoms with van der Waals surface area (Å²) in [6.07, 6.45) is -2.16. The monoisotopic (exact) mass is 490 g/mol. The number of nitrogens with one attached hydrogen (secondary N) is 2. The molecule has 178 valence electrons. The van der Waals surface area contributed by atoms with Gasteiger partial charge < -0.3 is 10.6 Å². The number of anilines is 2. The van der Waals surface area contributed by atoms with Gasteiger partial charge in [-0.1, -0.05) is 44.2 Å². The number of rotatable bonds is 7. The van der Waals surface area contributed by atoms with Crippen LogP contribution in [0.1, 0.15) is 35.5 Å². The first-order valence-corrected chi connectivity index (χ1v) is 10.7. The van der Waals surface area contributed by atoms with Crippen LogP contribution in [0.3, 0.4) is 0 Å². The fraction of sp³-hybridized carbons (Fsp3) is 0.208. The molecule has 34 heavy (non-hydrogen) atoms. The minimum atomic E-state index is -4.85. The van der Waals surface area contributed by atoms with E-state index in [0.717, 1.165) is 24.3 Å². The van der Waals surface area contributed by atoms with Gasteiger partial charge in [0.1, 0.15) is 0 Å². The number of aromatic nitrogens is 2. The van der Waals surface area contributed by atoms with Crippen LogP contribution in [0.2, 0.25) is 5.02 Å². The third-order valence-corrected chi connectivity index (χ3v) is 4.93. The topological polar surface area (TPSA) is 76.0 Å². The summed E-state index contributed by atoms with van der Waals surface area (Å²) in [4.78, 5) is 24.3. The maximum absolute atomic E-state index is 14.0. The average Bonchev–Trinajstić information content (AvgIpc) is 3.19. The largest absolute Gasteiger partial charge is 0.434 e. The van der Waals surface area contributed by atoms with E-state index >= 15 is 0 Å². The predicted octanol–water partition coefficient (Wildman–Crippen LogP) is 6.12. The van der Waals surface area contributed by atoms with Crippen molar-refractivity contribution in [2.75, 3.05) is 10.6 Å². The van der Waals surface area contributed by atoms with E-state index in [0.29, 0.717) is 10.6 Å². The maximum atomic E-state index is 14.0. The Bertz CT molecular complexity index is 1220. The molecule has 0 radical (unpaired) electrons. The van der Waals surface area contributed by atoms with Gasteiger partial charge in [0.25, 0.3) is 5.91 Å². The zero-order valence-corrected chi connectivity index (χ0v) is 19.2. The molecule has 0 unspecified atom stereocenters. The van der Waals surface area contributed by atoms with Crippen LogP contribution in [0, 0.1) is 5.92 Å². The number of halogens is 4. The predicted molar refractivity (Wildman–Crippen MR) is 125 cm³/mol. The molecular weight excluding hydrogens is 469 g/mol. The summed E-state index contributed by atoms with van der Waals surface area (Å²) in [5, 5.41) is 8.85. The van der Waals surface area contributed by atoms with E-state index in [1.807, 2.05) is 13.8 Å². The summed E-state index contributed by atoms with van der Waals surface area (Å²) in [6.45, 7) is 7.43. The number of hydrogen-bond donors (Lipinski definition) is 2. The number of benzene rings is 2. The third kappa shape index (κ3) is 6.05. The van der Waals surface area contributed by atoms with Crippen LogP contribution in [0.15, 0.2) is 61.3 Å². The van der Waals surface area contributed by atoms with Crippen molar-refractivity contribution in [3.63, 3.8) is 0 Å². The highest BCUT2D eigenvalue weighted by atomic mass is 35.5. The van der Waals surface area contributed by atoms with E-state index in [1.165, 1.54) is 30.3 Å². The lowest BCUT2D eigenvalue weighted by atomic mass is 10.0. The van der Waals surface area contributed by atoms with Gasteiger partial charge in [0.2, 0.25) is 5.91 Å². The summed E-state index contributed by atoms with van der Waals surface area (Å²) in [5.74, 6) is -1.15. The summed E-state index contributed by atoms with van der Waals surface area (Å²) in [6, 6.07) is 10.7. The van der Waals surface area contributed by atoms with Crippen LogP contribution >= 0.6 is 11.6 Å². The Morgan fingerprint density at radius 3 is 2.29 bits per heavy atom. The Morgan fingerprint density at radius 1 is 1.12 bits per heavy atom. The van der Waals surface area contributed by atoms with Crippen LogP contribution in [-0.2, 0) is 17.4 Å². The second-order valence-electron chi connectivity index (χ2n) is 7.96. The van der Waals surface area contributed by atoms with Gasteiger partial charge in [0, 0.05) is 16.4 Å². The molecule has 3 aromatic rings. The van der Waals surface area contributed by atoms with Gasteiger partial charge in [-0.05, 0) is 54.3 Å². The van der Waals surface area contributed by atoms with Gasteiger partial charge in [-0.2, -0.15) is 18.3 Å². The Balaban J connectivity index is 1.93. The van der Waals surface area contributed by atoms with Crippen LogP contribution in [-0.4, -0.2) is 21.6 Å². The van der Waals surface area contributed by atoms with Gasteiger partial charge in [-0.15, -0.1) is 0 Å². The minimum absolute atomic E-state index is 0.0933. The van der Waals surface area contributed by atoms with E-state index in [4.69, 9.17) is 11.6 Å². The first-order chi connectivity index (χ1) is 16.0. The second-order valence-corrected chi connectivity index (χ2v) is 8.39. The zero-order chi connectivity index (χ0) is 25.0. The lowest BCUT2D eigenvalue weighted by Gasteiger charge is -2.14. The molecule has 10 heteroatoms. The standard InChI is InChI=1S/C24H22ClF3N4O2/c1-4-21(33)30-17-10-16(25)11-18(12-17)31-23(34)20-13-29-32(22(20)24(26,27)28)19-7-5-15(6-8-19)9-14(2)3/h4-8,10-14H,1,9H2,2-3H3,(H,30,33)(H,31,34). The molecule has 2 aromatic carbocycles.